The largest absolute Gasteiger partial charge is 0.380 e. The second-order valence-electron chi connectivity index (χ2n) is 6.07. The van der Waals surface area contributed by atoms with Gasteiger partial charge in [-0.15, -0.1) is 0 Å². The Kier molecular flexibility index (Phi) is 6.18. The number of morpholine rings is 1. The van der Waals surface area contributed by atoms with Gasteiger partial charge in [0.05, 0.1) is 25.4 Å². The Morgan fingerprint density at radius 2 is 2.05 bits per heavy atom. The van der Waals surface area contributed by atoms with E-state index in [9.17, 15) is 0 Å². The average Bonchev–Trinajstić information content (AvgIpc) is 2.46. The molecule has 0 saturated carbocycles. The fourth-order valence-corrected chi connectivity index (χ4v) is 2.83. The van der Waals surface area contributed by atoms with Gasteiger partial charge in [0, 0.05) is 26.2 Å². The number of rotatable bonds is 6. The lowest BCUT2D eigenvalue weighted by molar-refractivity contribution is -0.0620. The molecule has 1 aromatic carbocycles. The van der Waals surface area contributed by atoms with Gasteiger partial charge >= 0.3 is 0 Å². The number of methoxy groups -OCH3 is 1. The Hall–Kier alpha value is -0.940. The predicted molar refractivity (Wildman–Crippen MR) is 85.4 cm³/mol. The van der Waals surface area contributed by atoms with Gasteiger partial charge in [0.2, 0.25) is 0 Å². The van der Waals surface area contributed by atoms with E-state index in [0.29, 0.717) is 18.7 Å². The Morgan fingerprint density at radius 3 is 2.67 bits per heavy atom. The van der Waals surface area contributed by atoms with Crippen molar-refractivity contribution in [3.63, 3.8) is 0 Å². The van der Waals surface area contributed by atoms with Crippen LogP contribution in [0.15, 0.2) is 24.3 Å². The second kappa shape index (κ2) is 7.90. The molecule has 2 unspecified atom stereocenters. The van der Waals surface area contributed by atoms with Crippen molar-refractivity contribution in [2.45, 2.75) is 38.6 Å². The third-order valence-electron chi connectivity index (χ3n) is 3.96. The lowest BCUT2D eigenvalue weighted by Crippen LogP contribution is -2.48. The standard InChI is InChI=1S/C17H28N2O2/c1-13(2)18-11-16-17(19(3)9-10-21-16)15-7-5-14(6-8-15)12-20-4/h5-8,13,16-18H,9-12H2,1-4H3. The Labute approximate surface area is 128 Å². The van der Waals surface area contributed by atoms with E-state index in [0.717, 1.165) is 19.7 Å². The molecule has 118 valence electrons. The quantitative estimate of drug-likeness (QED) is 0.871. The van der Waals surface area contributed by atoms with Crippen LogP contribution in [0.2, 0.25) is 0 Å². The molecule has 0 radical (unpaired) electrons. The summed E-state index contributed by atoms with van der Waals surface area (Å²) in [6, 6.07) is 9.48. The first-order valence-electron chi connectivity index (χ1n) is 7.75. The monoisotopic (exact) mass is 292 g/mol. The molecule has 0 aliphatic carbocycles. The Morgan fingerprint density at radius 1 is 1.33 bits per heavy atom. The van der Waals surface area contributed by atoms with Crippen LogP contribution in [0.3, 0.4) is 0 Å². The normalized spacial score (nSPS) is 23.7. The molecule has 1 N–H and O–H groups in total. The van der Waals surface area contributed by atoms with E-state index in [1.807, 2.05) is 0 Å². The summed E-state index contributed by atoms with van der Waals surface area (Å²) >= 11 is 0. The fourth-order valence-electron chi connectivity index (χ4n) is 2.83. The molecular weight excluding hydrogens is 264 g/mol. The fraction of sp³-hybridized carbons (Fsp3) is 0.647. The van der Waals surface area contributed by atoms with Gasteiger partial charge in [0.15, 0.2) is 0 Å². The average molecular weight is 292 g/mol. The summed E-state index contributed by atoms with van der Waals surface area (Å²) in [7, 11) is 3.91. The highest BCUT2D eigenvalue weighted by molar-refractivity contribution is 5.26. The SMILES string of the molecule is COCc1ccc(C2C(CNC(C)C)OCCN2C)cc1. The summed E-state index contributed by atoms with van der Waals surface area (Å²) in [4.78, 5) is 2.39. The highest BCUT2D eigenvalue weighted by Gasteiger charge is 2.31. The van der Waals surface area contributed by atoms with Crippen LogP contribution in [0, 0.1) is 0 Å². The van der Waals surface area contributed by atoms with Gasteiger partial charge in [0.25, 0.3) is 0 Å². The maximum Gasteiger partial charge on any atom is 0.0896 e. The molecule has 2 rings (SSSR count). The number of hydrogen-bond donors (Lipinski definition) is 1. The summed E-state index contributed by atoms with van der Waals surface area (Å²) in [5, 5.41) is 3.50. The van der Waals surface area contributed by atoms with E-state index in [2.05, 4.69) is 55.4 Å². The van der Waals surface area contributed by atoms with Crippen LogP contribution in [0.25, 0.3) is 0 Å². The van der Waals surface area contributed by atoms with Gasteiger partial charge in [-0.2, -0.15) is 0 Å². The zero-order chi connectivity index (χ0) is 15.2. The first-order chi connectivity index (χ1) is 10.1. The number of hydrogen-bond acceptors (Lipinski definition) is 4. The van der Waals surface area contributed by atoms with Crippen molar-refractivity contribution in [2.75, 3.05) is 33.9 Å². The molecule has 0 amide bonds. The topological polar surface area (TPSA) is 33.7 Å². The zero-order valence-electron chi connectivity index (χ0n) is 13.6. The minimum absolute atomic E-state index is 0.194. The van der Waals surface area contributed by atoms with Crippen molar-refractivity contribution in [3.8, 4) is 0 Å². The van der Waals surface area contributed by atoms with Crippen molar-refractivity contribution < 1.29 is 9.47 Å². The molecule has 1 aliphatic heterocycles. The molecule has 2 atom stereocenters. The number of benzene rings is 1. The van der Waals surface area contributed by atoms with Crippen LogP contribution >= 0.6 is 0 Å². The molecule has 1 heterocycles. The molecule has 1 saturated heterocycles. The second-order valence-corrected chi connectivity index (χ2v) is 6.07. The first kappa shape index (κ1) is 16.4. The molecule has 0 spiro atoms. The molecule has 1 aliphatic rings. The highest BCUT2D eigenvalue weighted by Crippen LogP contribution is 2.28. The van der Waals surface area contributed by atoms with Crippen LogP contribution in [-0.2, 0) is 16.1 Å². The summed E-state index contributed by atoms with van der Waals surface area (Å²) in [5.74, 6) is 0. The maximum atomic E-state index is 6.01. The zero-order valence-corrected chi connectivity index (χ0v) is 13.6. The van der Waals surface area contributed by atoms with Gasteiger partial charge < -0.3 is 14.8 Å². The highest BCUT2D eigenvalue weighted by atomic mass is 16.5. The van der Waals surface area contributed by atoms with Crippen molar-refractivity contribution in [2.24, 2.45) is 0 Å². The molecule has 4 nitrogen and oxygen atoms in total. The summed E-state index contributed by atoms with van der Waals surface area (Å²) < 4.78 is 11.2. The summed E-state index contributed by atoms with van der Waals surface area (Å²) in [5.41, 5.74) is 2.52. The van der Waals surface area contributed by atoms with E-state index in [4.69, 9.17) is 9.47 Å². The van der Waals surface area contributed by atoms with Crippen LogP contribution in [-0.4, -0.2) is 50.9 Å². The first-order valence-corrected chi connectivity index (χ1v) is 7.75. The molecule has 4 heteroatoms. The van der Waals surface area contributed by atoms with Crippen LogP contribution < -0.4 is 5.32 Å². The third-order valence-corrected chi connectivity index (χ3v) is 3.96. The van der Waals surface area contributed by atoms with Crippen molar-refractivity contribution >= 4 is 0 Å². The minimum Gasteiger partial charge on any atom is -0.380 e. The van der Waals surface area contributed by atoms with E-state index < -0.39 is 0 Å². The number of ether oxygens (including phenoxy) is 2. The molecule has 21 heavy (non-hydrogen) atoms. The van der Waals surface area contributed by atoms with Crippen molar-refractivity contribution in [1.82, 2.24) is 10.2 Å². The van der Waals surface area contributed by atoms with Crippen LogP contribution in [0.1, 0.15) is 31.0 Å². The van der Waals surface area contributed by atoms with E-state index in [-0.39, 0.29) is 6.10 Å². The lowest BCUT2D eigenvalue weighted by atomic mass is 9.97. The molecule has 1 fully saturated rings. The summed E-state index contributed by atoms with van der Waals surface area (Å²) in [6.45, 7) is 7.66. The van der Waals surface area contributed by atoms with Crippen LogP contribution in [0.5, 0.6) is 0 Å². The van der Waals surface area contributed by atoms with Crippen molar-refractivity contribution in [1.29, 1.82) is 0 Å². The van der Waals surface area contributed by atoms with Gasteiger partial charge in [0.1, 0.15) is 0 Å². The Bertz CT molecular complexity index is 419. The van der Waals surface area contributed by atoms with Gasteiger partial charge in [-0.25, -0.2) is 0 Å². The smallest absolute Gasteiger partial charge is 0.0896 e. The van der Waals surface area contributed by atoms with Crippen LogP contribution in [0.4, 0.5) is 0 Å². The number of likely N-dealkylation sites (N-methyl/N-ethyl adjacent to an activating group) is 1. The minimum atomic E-state index is 0.194. The molecule has 0 aromatic heterocycles. The Balaban J connectivity index is 2.11. The van der Waals surface area contributed by atoms with E-state index in [1.165, 1.54) is 11.1 Å². The molecular formula is C17H28N2O2. The van der Waals surface area contributed by atoms with Gasteiger partial charge in [-0.05, 0) is 18.2 Å². The van der Waals surface area contributed by atoms with E-state index >= 15 is 0 Å². The molecule has 0 bridgehead atoms. The predicted octanol–water partition coefficient (Wildman–Crippen LogP) is 2.20. The number of nitrogens with one attached hydrogen (secondary N) is 1. The molecule has 1 aromatic rings. The van der Waals surface area contributed by atoms with E-state index in [1.54, 1.807) is 7.11 Å². The lowest BCUT2D eigenvalue weighted by Gasteiger charge is -2.40. The van der Waals surface area contributed by atoms with Gasteiger partial charge in [-0.1, -0.05) is 38.1 Å². The van der Waals surface area contributed by atoms with Crippen molar-refractivity contribution in [3.05, 3.63) is 35.4 Å². The third kappa shape index (κ3) is 4.51. The maximum absolute atomic E-state index is 6.01. The number of nitrogens with zero attached hydrogens (tertiary/aromatic N) is 1. The summed E-state index contributed by atoms with van der Waals surface area (Å²) in [6.07, 6.45) is 0.194. The van der Waals surface area contributed by atoms with Gasteiger partial charge in [-0.3, -0.25) is 4.90 Å².